The van der Waals surface area contributed by atoms with Gasteiger partial charge in [-0.25, -0.2) is 9.78 Å². The number of hydrogen-bond donors (Lipinski definition) is 1. The Hall–Kier alpha value is -2.37. The average Bonchev–Trinajstić information content (AvgIpc) is 2.47. The summed E-state index contributed by atoms with van der Waals surface area (Å²) in [4.78, 5) is 28.1. The lowest BCUT2D eigenvalue weighted by Gasteiger charge is -2.24. The van der Waals surface area contributed by atoms with Gasteiger partial charge in [0.1, 0.15) is 5.60 Å². The van der Waals surface area contributed by atoms with E-state index in [9.17, 15) is 9.59 Å². The van der Waals surface area contributed by atoms with Crippen LogP contribution in [0.4, 0.5) is 4.79 Å². The van der Waals surface area contributed by atoms with Gasteiger partial charge in [0.25, 0.3) is 0 Å². The van der Waals surface area contributed by atoms with E-state index in [0.717, 1.165) is 0 Å². The summed E-state index contributed by atoms with van der Waals surface area (Å²) in [5, 5.41) is 2.78. The molecule has 0 fully saturated rings. The average molecular weight is 318 g/mol. The number of rotatable bonds is 3. The van der Waals surface area contributed by atoms with Gasteiger partial charge in [-0.15, -0.1) is 0 Å². The molecule has 1 aliphatic carbocycles. The lowest BCUT2D eigenvalue weighted by Crippen LogP contribution is -2.39. The molecule has 1 aliphatic rings. The summed E-state index contributed by atoms with van der Waals surface area (Å²) in [6.45, 7) is 5.42. The number of carbonyl (C=O) groups is 2. The molecule has 1 aromatic heterocycles. The molecule has 1 atom stereocenters. The highest BCUT2D eigenvalue weighted by Crippen LogP contribution is 2.25. The maximum Gasteiger partial charge on any atom is 0.408 e. The fourth-order valence-electron chi connectivity index (χ4n) is 2.29. The molecule has 124 valence electrons. The topological polar surface area (TPSA) is 77.5 Å². The van der Waals surface area contributed by atoms with Crippen LogP contribution in [0.5, 0.6) is 5.88 Å². The molecule has 0 radical (unpaired) electrons. The second kappa shape index (κ2) is 6.81. The maximum atomic E-state index is 12.1. The summed E-state index contributed by atoms with van der Waals surface area (Å²) < 4.78 is 10.3. The first-order chi connectivity index (χ1) is 10.8. The summed E-state index contributed by atoms with van der Waals surface area (Å²) in [7, 11) is 1.54. The minimum atomic E-state index is -0.555. The van der Waals surface area contributed by atoms with Crippen LogP contribution in [-0.4, -0.2) is 35.6 Å². The molecule has 0 bridgehead atoms. The number of nitrogens with zero attached hydrogens (tertiary/aromatic N) is 1. The largest absolute Gasteiger partial charge is 0.481 e. The molecule has 0 saturated carbocycles. The molecule has 0 aliphatic heterocycles. The Morgan fingerprint density at radius 1 is 1.35 bits per heavy atom. The van der Waals surface area contributed by atoms with Crippen LogP contribution in [-0.2, 0) is 9.53 Å². The molecule has 2 rings (SSSR count). The number of ether oxygens (including phenoxy) is 2. The highest BCUT2D eigenvalue weighted by Gasteiger charge is 2.25. The highest BCUT2D eigenvalue weighted by molar-refractivity contribution is 6.21. The zero-order valence-corrected chi connectivity index (χ0v) is 13.9. The molecule has 23 heavy (non-hydrogen) atoms. The number of aromatic nitrogens is 1. The van der Waals surface area contributed by atoms with Crippen molar-refractivity contribution in [2.24, 2.45) is 0 Å². The number of carbonyl (C=O) groups excluding carboxylic acids is 2. The van der Waals surface area contributed by atoms with Crippen LogP contribution in [0.15, 0.2) is 24.4 Å². The van der Waals surface area contributed by atoms with Crippen molar-refractivity contribution in [3.05, 3.63) is 30.0 Å². The monoisotopic (exact) mass is 318 g/mol. The molecule has 6 nitrogen and oxygen atoms in total. The van der Waals surface area contributed by atoms with Crippen molar-refractivity contribution >= 4 is 17.4 Å². The van der Waals surface area contributed by atoms with Crippen LogP contribution >= 0.6 is 0 Å². The van der Waals surface area contributed by atoms with E-state index in [1.165, 1.54) is 7.11 Å². The SMILES string of the molecule is COc1ccc(C2=CC(NC(=O)OC(C)(C)C)CCC2=O)cn1. The smallest absolute Gasteiger partial charge is 0.408 e. The molecule has 0 aromatic carbocycles. The van der Waals surface area contributed by atoms with Gasteiger partial charge in [0.05, 0.1) is 13.2 Å². The van der Waals surface area contributed by atoms with E-state index in [-0.39, 0.29) is 11.8 Å². The van der Waals surface area contributed by atoms with Gasteiger partial charge in [0, 0.05) is 29.8 Å². The van der Waals surface area contributed by atoms with Gasteiger partial charge in [-0.1, -0.05) is 6.08 Å². The van der Waals surface area contributed by atoms with Gasteiger partial charge < -0.3 is 14.8 Å². The third-order valence-electron chi connectivity index (χ3n) is 3.31. The number of nitrogens with one attached hydrogen (secondary N) is 1. The quantitative estimate of drug-likeness (QED) is 0.927. The second-order valence-corrected chi connectivity index (χ2v) is 6.38. The van der Waals surface area contributed by atoms with Crippen molar-refractivity contribution in [1.82, 2.24) is 10.3 Å². The lowest BCUT2D eigenvalue weighted by molar-refractivity contribution is -0.114. The van der Waals surface area contributed by atoms with Crippen LogP contribution in [0.2, 0.25) is 0 Å². The minimum Gasteiger partial charge on any atom is -0.481 e. The molecule has 1 heterocycles. The number of hydrogen-bond acceptors (Lipinski definition) is 5. The van der Waals surface area contributed by atoms with Gasteiger partial charge in [0.15, 0.2) is 5.78 Å². The molecule has 1 aromatic rings. The van der Waals surface area contributed by atoms with E-state index < -0.39 is 11.7 Å². The highest BCUT2D eigenvalue weighted by atomic mass is 16.6. The number of alkyl carbamates (subject to hydrolysis) is 1. The van der Waals surface area contributed by atoms with Crippen LogP contribution in [0.1, 0.15) is 39.2 Å². The van der Waals surface area contributed by atoms with Gasteiger partial charge in [-0.05, 0) is 33.3 Å². The van der Waals surface area contributed by atoms with Crippen molar-refractivity contribution in [3.63, 3.8) is 0 Å². The summed E-state index contributed by atoms with van der Waals surface area (Å²) in [5.41, 5.74) is 0.722. The molecule has 1 N–H and O–H groups in total. The first-order valence-electron chi connectivity index (χ1n) is 7.53. The van der Waals surface area contributed by atoms with E-state index in [1.807, 2.05) is 0 Å². The summed E-state index contributed by atoms with van der Waals surface area (Å²) in [6, 6.07) is 3.25. The zero-order chi connectivity index (χ0) is 17.0. The fraction of sp³-hybridized carbons (Fsp3) is 0.471. The van der Waals surface area contributed by atoms with Gasteiger partial charge in [0.2, 0.25) is 5.88 Å². The Kier molecular flexibility index (Phi) is 5.03. The molecule has 6 heteroatoms. The Labute approximate surface area is 135 Å². The van der Waals surface area contributed by atoms with Crippen LogP contribution in [0, 0.1) is 0 Å². The fourth-order valence-corrected chi connectivity index (χ4v) is 2.29. The minimum absolute atomic E-state index is 0.0409. The van der Waals surface area contributed by atoms with Crippen molar-refractivity contribution in [1.29, 1.82) is 0 Å². The van der Waals surface area contributed by atoms with Crippen LogP contribution in [0.25, 0.3) is 5.57 Å². The predicted molar refractivity (Wildman–Crippen MR) is 86.2 cm³/mol. The number of ketones is 1. The van der Waals surface area contributed by atoms with E-state index >= 15 is 0 Å². The molecule has 0 spiro atoms. The zero-order valence-electron chi connectivity index (χ0n) is 13.9. The van der Waals surface area contributed by atoms with E-state index in [0.29, 0.717) is 29.9 Å². The number of amides is 1. The first-order valence-corrected chi connectivity index (χ1v) is 7.53. The molecular formula is C17H22N2O4. The van der Waals surface area contributed by atoms with E-state index in [2.05, 4.69) is 10.3 Å². The van der Waals surface area contributed by atoms with Crippen LogP contribution < -0.4 is 10.1 Å². The molecule has 1 unspecified atom stereocenters. The summed E-state index contributed by atoms with van der Waals surface area (Å²) >= 11 is 0. The van der Waals surface area contributed by atoms with Crippen molar-refractivity contribution < 1.29 is 19.1 Å². The Morgan fingerprint density at radius 2 is 2.09 bits per heavy atom. The van der Waals surface area contributed by atoms with Gasteiger partial charge in [-0.2, -0.15) is 0 Å². The van der Waals surface area contributed by atoms with Gasteiger partial charge in [-0.3, -0.25) is 4.79 Å². The molecular weight excluding hydrogens is 296 g/mol. The van der Waals surface area contributed by atoms with Crippen LogP contribution in [0.3, 0.4) is 0 Å². The first kappa shape index (κ1) is 17.0. The lowest BCUT2D eigenvalue weighted by atomic mass is 9.90. The normalized spacial score (nSPS) is 18.2. The van der Waals surface area contributed by atoms with Gasteiger partial charge >= 0.3 is 6.09 Å². The third kappa shape index (κ3) is 4.81. The molecule has 0 saturated heterocycles. The number of methoxy groups -OCH3 is 1. The maximum absolute atomic E-state index is 12.1. The summed E-state index contributed by atoms with van der Waals surface area (Å²) in [5.74, 6) is 0.528. The van der Waals surface area contributed by atoms with Crippen molar-refractivity contribution in [2.45, 2.75) is 45.3 Å². The number of pyridine rings is 1. The Bertz CT molecular complexity index is 614. The number of allylic oxidation sites excluding steroid dienone is 1. The summed E-state index contributed by atoms with van der Waals surface area (Å²) in [6.07, 6.45) is 3.81. The Balaban J connectivity index is 2.13. The Morgan fingerprint density at radius 3 is 2.65 bits per heavy atom. The standard InChI is InChI=1S/C17H22N2O4/c1-17(2,3)23-16(21)19-12-6-7-14(20)13(9-12)11-5-8-15(22-4)18-10-11/h5,8-10,12H,6-7H2,1-4H3,(H,19,21). The second-order valence-electron chi connectivity index (χ2n) is 6.38. The van der Waals surface area contributed by atoms with E-state index in [4.69, 9.17) is 9.47 Å². The third-order valence-corrected chi connectivity index (χ3v) is 3.31. The van der Waals surface area contributed by atoms with E-state index in [1.54, 1.807) is 45.2 Å². The number of Topliss-reactive ketones (excluding diaryl/α,β-unsaturated/α-hetero) is 1. The predicted octanol–water partition coefficient (Wildman–Crippen LogP) is 2.73. The molecule has 1 amide bonds. The van der Waals surface area contributed by atoms with Crippen molar-refractivity contribution in [2.75, 3.05) is 7.11 Å². The van der Waals surface area contributed by atoms with Crippen molar-refractivity contribution in [3.8, 4) is 5.88 Å².